The Morgan fingerprint density at radius 3 is 1.38 bits per heavy atom. The van der Waals surface area contributed by atoms with E-state index < -0.39 is 0 Å². The molecule has 16 heavy (non-hydrogen) atoms. The van der Waals surface area contributed by atoms with Gasteiger partial charge in [-0.3, -0.25) is 0 Å². The molecule has 1 nitrogen and oxygen atoms in total. The zero-order valence-electron chi connectivity index (χ0n) is 12.9. The first-order valence-electron chi connectivity index (χ1n) is 6.61. The van der Waals surface area contributed by atoms with Crippen LogP contribution < -0.4 is 0 Å². The number of unbranched alkanes of at least 4 members (excludes halogenated alkanes) is 1. The van der Waals surface area contributed by atoms with Crippen molar-refractivity contribution < 1.29 is 4.74 Å². The molecule has 0 aliphatic rings. The summed E-state index contributed by atoms with van der Waals surface area (Å²) in [5, 5.41) is 0. The third-order valence-electron chi connectivity index (χ3n) is 2.34. The Hall–Kier alpha value is -0.0400. The highest BCUT2D eigenvalue weighted by molar-refractivity contribution is 4.60. The largest absolute Gasteiger partial charge is 0.385 e. The van der Waals surface area contributed by atoms with Gasteiger partial charge in [0.25, 0.3) is 0 Å². The van der Waals surface area contributed by atoms with E-state index in [-0.39, 0.29) is 0 Å². The summed E-state index contributed by atoms with van der Waals surface area (Å²) in [4.78, 5) is 0. The normalized spacial score (nSPS) is 12.0. The van der Waals surface area contributed by atoms with Gasteiger partial charge in [0.15, 0.2) is 0 Å². The van der Waals surface area contributed by atoms with E-state index in [4.69, 9.17) is 4.74 Å². The number of methoxy groups -OCH3 is 1. The maximum Gasteiger partial charge on any atom is 0.0467 e. The average Bonchev–Trinajstić information content (AvgIpc) is 2.10. The van der Waals surface area contributed by atoms with Gasteiger partial charge in [-0.05, 0) is 23.7 Å². The van der Waals surface area contributed by atoms with Gasteiger partial charge in [0.1, 0.15) is 0 Å². The van der Waals surface area contributed by atoms with Crippen LogP contribution in [0.15, 0.2) is 0 Å². The van der Waals surface area contributed by atoms with Crippen LogP contribution >= 0.6 is 0 Å². The molecule has 0 aromatic carbocycles. The van der Waals surface area contributed by atoms with E-state index in [0.717, 1.165) is 13.0 Å². The molecule has 0 N–H and O–H groups in total. The van der Waals surface area contributed by atoms with E-state index in [2.05, 4.69) is 48.5 Å². The predicted octanol–water partition coefficient (Wildman–Crippen LogP) is 5.29. The zero-order valence-corrected chi connectivity index (χ0v) is 12.9. The topological polar surface area (TPSA) is 9.23 Å². The SMILES string of the molecule is CCCCC(C)(C)C.COCCC(C)(C)C. The first-order valence-corrected chi connectivity index (χ1v) is 6.61. The van der Waals surface area contributed by atoms with Crippen molar-refractivity contribution in [2.75, 3.05) is 13.7 Å². The van der Waals surface area contributed by atoms with Crippen LogP contribution in [0.25, 0.3) is 0 Å². The molecular formula is C15H34O. The summed E-state index contributed by atoms with van der Waals surface area (Å²) in [6.07, 6.45) is 5.22. The first kappa shape index (κ1) is 18.3. The smallest absolute Gasteiger partial charge is 0.0467 e. The Balaban J connectivity index is 0. The molecule has 0 aromatic heterocycles. The minimum absolute atomic E-state index is 0.427. The molecule has 0 aliphatic heterocycles. The second-order valence-electron chi connectivity index (χ2n) is 6.97. The maximum absolute atomic E-state index is 4.92. The summed E-state index contributed by atoms with van der Waals surface area (Å²) in [5.41, 5.74) is 0.978. The molecule has 0 bridgehead atoms. The standard InChI is InChI=1S/C8H18.C7H16O/c1-5-6-7-8(2,3)4;1-7(2,3)5-6-8-4/h5-7H2,1-4H3;5-6H2,1-4H3. The van der Waals surface area contributed by atoms with Crippen LogP contribution in [-0.2, 0) is 4.74 Å². The Morgan fingerprint density at radius 1 is 0.812 bits per heavy atom. The molecule has 0 radical (unpaired) electrons. The molecule has 0 spiro atoms. The van der Waals surface area contributed by atoms with Crippen LogP contribution in [0, 0.1) is 10.8 Å². The molecule has 1 heteroatoms. The quantitative estimate of drug-likeness (QED) is 0.637. The van der Waals surface area contributed by atoms with E-state index in [1.165, 1.54) is 19.3 Å². The van der Waals surface area contributed by atoms with Crippen molar-refractivity contribution in [3.05, 3.63) is 0 Å². The van der Waals surface area contributed by atoms with Gasteiger partial charge in [-0.15, -0.1) is 0 Å². The third-order valence-corrected chi connectivity index (χ3v) is 2.34. The van der Waals surface area contributed by atoms with Crippen molar-refractivity contribution in [2.45, 2.75) is 74.1 Å². The monoisotopic (exact) mass is 230 g/mol. The van der Waals surface area contributed by atoms with Crippen LogP contribution in [0.5, 0.6) is 0 Å². The third kappa shape index (κ3) is 23.6. The molecule has 100 valence electrons. The van der Waals surface area contributed by atoms with E-state index in [9.17, 15) is 0 Å². The Bertz CT molecular complexity index is 118. The van der Waals surface area contributed by atoms with Crippen molar-refractivity contribution >= 4 is 0 Å². The van der Waals surface area contributed by atoms with Crippen LogP contribution in [-0.4, -0.2) is 13.7 Å². The van der Waals surface area contributed by atoms with Crippen molar-refractivity contribution in [1.82, 2.24) is 0 Å². The maximum atomic E-state index is 4.92. The second kappa shape index (κ2) is 9.04. The van der Waals surface area contributed by atoms with Crippen LogP contribution in [0.4, 0.5) is 0 Å². The molecule has 0 rings (SSSR count). The molecular weight excluding hydrogens is 196 g/mol. The molecule has 0 amide bonds. The molecule has 0 aliphatic carbocycles. The summed E-state index contributed by atoms with van der Waals surface area (Å²) in [6.45, 7) is 16.6. The molecule has 0 atom stereocenters. The average molecular weight is 230 g/mol. The highest BCUT2D eigenvalue weighted by Crippen LogP contribution is 2.20. The highest BCUT2D eigenvalue weighted by Gasteiger charge is 2.08. The van der Waals surface area contributed by atoms with Crippen molar-refractivity contribution in [2.24, 2.45) is 10.8 Å². The fraction of sp³-hybridized carbons (Fsp3) is 1.00. The highest BCUT2D eigenvalue weighted by atomic mass is 16.5. The van der Waals surface area contributed by atoms with Crippen molar-refractivity contribution in [3.63, 3.8) is 0 Å². The fourth-order valence-corrected chi connectivity index (χ4v) is 1.12. The molecule has 0 aromatic rings. The van der Waals surface area contributed by atoms with Gasteiger partial charge >= 0.3 is 0 Å². The van der Waals surface area contributed by atoms with E-state index in [0.29, 0.717) is 10.8 Å². The first-order chi connectivity index (χ1) is 7.12. The summed E-state index contributed by atoms with van der Waals surface area (Å²) in [5.74, 6) is 0. The minimum atomic E-state index is 0.427. The Labute approximate surface area is 104 Å². The number of rotatable bonds is 4. The number of hydrogen-bond donors (Lipinski definition) is 0. The zero-order chi connectivity index (χ0) is 13.2. The van der Waals surface area contributed by atoms with Gasteiger partial charge < -0.3 is 4.74 Å². The fourth-order valence-electron chi connectivity index (χ4n) is 1.12. The van der Waals surface area contributed by atoms with Crippen LogP contribution in [0.1, 0.15) is 74.1 Å². The van der Waals surface area contributed by atoms with Crippen molar-refractivity contribution in [3.8, 4) is 0 Å². The lowest BCUT2D eigenvalue weighted by molar-refractivity contribution is 0.159. The summed E-state index contributed by atoms with van der Waals surface area (Å²) >= 11 is 0. The lowest BCUT2D eigenvalue weighted by atomic mass is 9.90. The lowest BCUT2D eigenvalue weighted by Gasteiger charge is -2.16. The minimum Gasteiger partial charge on any atom is -0.385 e. The predicted molar refractivity (Wildman–Crippen MR) is 74.9 cm³/mol. The Morgan fingerprint density at radius 2 is 1.25 bits per heavy atom. The van der Waals surface area contributed by atoms with Crippen molar-refractivity contribution in [1.29, 1.82) is 0 Å². The van der Waals surface area contributed by atoms with Gasteiger partial charge in [0.05, 0.1) is 0 Å². The van der Waals surface area contributed by atoms with Gasteiger partial charge in [-0.2, -0.15) is 0 Å². The van der Waals surface area contributed by atoms with E-state index >= 15 is 0 Å². The lowest BCUT2D eigenvalue weighted by Crippen LogP contribution is -2.07. The second-order valence-corrected chi connectivity index (χ2v) is 6.97. The molecule has 0 saturated carbocycles. The molecule has 0 fully saturated rings. The Kier molecular flexibility index (Phi) is 10.4. The molecule has 0 heterocycles. The van der Waals surface area contributed by atoms with Crippen LogP contribution in [0.3, 0.4) is 0 Å². The molecule has 0 unspecified atom stereocenters. The van der Waals surface area contributed by atoms with Gasteiger partial charge in [0, 0.05) is 13.7 Å². The van der Waals surface area contributed by atoms with Crippen LogP contribution in [0.2, 0.25) is 0 Å². The van der Waals surface area contributed by atoms with E-state index in [1.54, 1.807) is 7.11 Å². The summed E-state index contributed by atoms with van der Waals surface area (Å²) in [7, 11) is 1.74. The number of ether oxygens (including phenoxy) is 1. The van der Waals surface area contributed by atoms with Gasteiger partial charge in [-0.25, -0.2) is 0 Å². The summed E-state index contributed by atoms with van der Waals surface area (Å²) < 4.78 is 4.92. The molecule has 0 saturated heterocycles. The van der Waals surface area contributed by atoms with Gasteiger partial charge in [0.2, 0.25) is 0 Å². The van der Waals surface area contributed by atoms with Gasteiger partial charge in [-0.1, -0.05) is 61.3 Å². The van der Waals surface area contributed by atoms with E-state index in [1.807, 2.05) is 0 Å². The summed E-state index contributed by atoms with van der Waals surface area (Å²) in [6, 6.07) is 0. The number of hydrogen-bond acceptors (Lipinski definition) is 1.